The van der Waals surface area contributed by atoms with Crippen LogP contribution in [0.15, 0.2) is 6.07 Å². The zero-order valence-electron chi connectivity index (χ0n) is 13.2. The largest absolute Gasteiger partial charge is 0.349 e. The Bertz CT molecular complexity index is 441. The molecular formula is C15H28ClN3O. The van der Waals surface area contributed by atoms with Crippen LogP contribution in [0.1, 0.15) is 48.9 Å². The van der Waals surface area contributed by atoms with E-state index in [0.29, 0.717) is 12.5 Å². The number of aromatic nitrogens is 1. The number of amides is 1. The molecular weight excluding hydrogens is 274 g/mol. The number of hydrogen-bond acceptors (Lipinski definition) is 2. The number of nitrogens with one attached hydrogen (secondary N) is 1. The van der Waals surface area contributed by atoms with Crippen LogP contribution in [-0.2, 0) is 6.54 Å². The van der Waals surface area contributed by atoms with Gasteiger partial charge in [-0.1, -0.05) is 13.8 Å². The fraction of sp³-hybridized carbons (Fsp3) is 0.667. The van der Waals surface area contributed by atoms with Crippen LogP contribution in [0, 0.1) is 19.8 Å². The van der Waals surface area contributed by atoms with Crippen molar-refractivity contribution in [2.75, 3.05) is 6.54 Å². The van der Waals surface area contributed by atoms with Crippen molar-refractivity contribution in [1.29, 1.82) is 0 Å². The van der Waals surface area contributed by atoms with Crippen LogP contribution in [0.3, 0.4) is 0 Å². The number of halogens is 1. The van der Waals surface area contributed by atoms with Crippen molar-refractivity contribution in [2.45, 2.75) is 53.6 Å². The molecule has 0 radical (unpaired) electrons. The van der Waals surface area contributed by atoms with E-state index in [9.17, 15) is 4.79 Å². The molecule has 0 bridgehead atoms. The van der Waals surface area contributed by atoms with Gasteiger partial charge in [0, 0.05) is 30.5 Å². The van der Waals surface area contributed by atoms with Crippen LogP contribution in [0.4, 0.5) is 0 Å². The van der Waals surface area contributed by atoms with Gasteiger partial charge in [0.15, 0.2) is 0 Å². The number of aryl methyl sites for hydroxylation is 1. The third-order valence-electron chi connectivity index (χ3n) is 3.51. The fourth-order valence-electron chi connectivity index (χ4n) is 2.56. The topological polar surface area (TPSA) is 60.0 Å². The number of carbonyl (C=O) groups is 1. The Hall–Kier alpha value is -1.00. The lowest BCUT2D eigenvalue weighted by molar-refractivity contribution is 0.0933. The average Bonchev–Trinajstić information content (AvgIpc) is 2.62. The first-order valence-electron chi connectivity index (χ1n) is 7.08. The summed E-state index contributed by atoms with van der Waals surface area (Å²) in [7, 11) is 0. The summed E-state index contributed by atoms with van der Waals surface area (Å²) in [4.78, 5) is 12.3. The molecule has 0 aromatic carbocycles. The Morgan fingerprint density at radius 1 is 1.40 bits per heavy atom. The van der Waals surface area contributed by atoms with E-state index >= 15 is 0 Å². The summed E-state index contributed by atoms with van der Waals surface area (Å²) in [6.07, 6.45) is 0.911. The van der Waals surface area contributed by atoms with Crippen molar-refractivity contribution in [1.82, 2.24) is 9.88 Å². The van der Waals surface area contributed by atoms with Crippen molar-refractivity contribution in [3.8, 4) is 0 Å². The summed E-state index contributed by atoms with van der Waals surface area (Å²) in [5, 5.41) is 3.04. The summed E-state index contributed by atoms with van der Waals surface area (Å²) in [5.74, 6) is 0.515. The van der Waals surface area contributed by atoms with Crippen LogP contribution < -0.4 is 11.1 Å². The maximum absolute atomic E-state index is 12.3. The molecule has 1 unspecified atom stereocenters. The second-order valence-electron chi connectivity index (χ2n) is 5.56. The molecule has 1 amide bonds. The first-order valence-corrected chi connectivity index (χ1v) is 7.08. The van der Waals surface area contributed by atoms with E-state index < -0.39 is 0 Å². The van der Waals surface area contributed by atoms with Crippen LogP contribution in [0.5, 0.6) is 0 Å². The predicted octanol–water partition coefficient (Wildman–Crippen LogP) is 2.65. The third kappa shape index (κ3) is 4.53. The number of nitrogens with zero attached hydrogens (tertiary/aromatic N) is 1. The minimum Gasteiger partial charge on any atom is -0.349 e. The van der Waals surface area contributed by atoms with Gasteiger partial charge in [0.25, 0.3) is 5.91 Å². The quantitative estimate of drug-likeness (QED) is 0.848. The SMILES string of the molecule is CCn1c(C)cc(C(=O)NC(CN)CC(C)C)c1C.Cl. The van der Waals surface area contributed by atoms with Crippen molar-refractivity contribution in [3.05, 3.63) is 23.0 Å². The summed E-state index contributed by atoms with van der Waals surface area (Å²) >= 11 is 0. The van der Waals surface area contributed by atoms with Crippen LogP contribution in [-0.4, -0.2) is 23.1 Å². The first kappa shape index (κ1) is 19.0. The summed E-state index contributed by atoms with van der Waals surface area (Å²) in [6.45, 7) is 11.7. The monoisotopic (exact) mass is 301 g/mol. The van der Waals surface area contributed by atoms with Crippen molar-refractivity contribution >= 4 is 18.3 Å². The van der Waals surface area contributed by atoms with Gasteiger partial charge in [0.1, 0.15) is 0 Å². The summed E-state index contributed by atoms with van der Waals surface area (Å²) < 4.78 is 2.15. The van der Waals surface area contributed by atoms with Crippen LogP contribution in [0.25, 0.3) is 0 Å². The minimum atomic E-state index is -0.0103. The maximum Gasteiger partial charge on any atom is 0.253 e. The molecule has 0 saturated carbocycles. The fourth-order valence-corrected chi connectivity index (χ4v) is 2.56. The predicted molar refractivity (Wildman–Crippen MR) is 86.6 cm³/mol. The standard InChI is InChI=1S/C15H27N3O.ClH/c1-6-18-11(4)8-14(12(18)5)15(19)17-13(9-16)7-10(2)3;/h8,10,13H,6-7,9,16H2,1-5H3,(H,17,19);1H. The molecule has 0 aliphatic heterocycles. The molecule has 1 aromatic heterocycles. The highest BCUT2D eigenvalue weighted by atomic mass is 35.5. The molecule has 3 N–H and O–H groups in total. The third-order valence-corrected chi connectivity index (χ3v) is 3.51. The molecule has 20 heavy (non-hydrogen) atoms. The molecule has 0 aliphatic carbocycles. The molecule has 1 heterocycles. The van der Waals surface area contributed by atoms with E-state index in [1.807, 2.05) is 19.9 Å². The highest BCUT2D eigenvalue weighted by Crippen LogP contribution is 2.15. The lowest BCUT2D eigenvalue weighted by Crippen LogP contribution is -2.41. The lowest BCUT2D eigenvalue weighted by Gasteiger charge is -2.18. The number of nitrogens with two attached hydrogens (primary N) is 1. The molecule has 0 spiro atoms. The molecule has 1 rings (SSSR count). The van der Waals surface area contributed by atoms with E-state index in [4.69, 9.17) is 5.73 Å². The van der Waals surface area contributed by atoms with Crippen LogP contribution >= 0.6 is 12.4 Å². The van der Waals surface area contributed by atoms with Gasteiger partial charge in [-0.25, -0.2) is 0 Å². The zero-order chi connectivity index (χ0) is 14.6. The van der Waals surface area contributed by atoms with Gasteiger partial charge < -0.3 is 15.6 Å². The van der Waals surface area contributed by atoms with Crippen molar-refractivity contribution in [3.63, 3.8) is 0 Å². The minimum absolute atomic E-state index is 0. The number of rotatable bonds is 6. The lowest BCUT2D eigenvalue weighted by atomic mass is 10.0. The summed E-state index contributed by atoms with van der Waals surface area (Å²) in [6, 6.07) is 2.01. The Morgan fingerprint density at radius 2 is 2.00 bits per heavy atom. The zero-order valence-corrected chi connectivity index (χ0v) is 14.0. The molecule has 1 aromatic rings. The molecule has 0 aliphatic rings. The Labute approximate surface area is 128 Å². The van der Waals surface area contributed by atoms with Gasteiger partial charge in [0.2, 0.25) is 0 Å². The average molecular weight is 302 g/mol. The normalized spacial score (nSPS) is 12.2. The Kier molecular flexibility index (Phi) is 7.91. The van der Waals surface area contributed by atoms with Gasteiger partial charge in [0.05, 0.1) is 5.56 Å². The van der Waals surface area contributed by atoms with Gasteiger partial charge in [-0.2, -0.15) is 0 Å². The highest BCUT2D eigenvalue weighted by molar-refractivity contribution is 5.95. The van der Waals surface area contributed by atoms with Crippen LogP contribution in [0.2, 0.25) is 0 Å². The van der Waals surface area contributed by atoms with Crippen molar-refractivity contribution < 1.29 is 4.79 Å². The van der Waals surface area contributed by atoms with E-state index in [-0.39, 0.29) is 24.4 Å². The molecule has 0 saturated heterocycles. The van der Waals surface area contributed by atoms with E-state index in [2.05, 4.69) is 30.7 Å². The molecule has 5 heteroatoms. The van der Waals surface area contributed by atoms with Gasteiger partial charge in [-0.3, -0.25) is 4.79 Å². The number of carbonyl (C=O) groups excluding carboxylic acids is 1. The molecule has 1 atom stereocenters. The van der Waals surface area contributed by atoms with Gasteiger partial charge in [-0.15, -0.1) is 12.4 Å². The van der Waals surface area contributed by atoms with E-state index in [0.717, 1.165) is 29.9 Å². The second kappa shape index (κ2) is 8.32. The van der Waals surface area contributed by atoms with E-state index in [1.165, 1.54) is 0 Å². The summed E-state index contributed by atoms with van der Waals surface area (Å²) in [5.41, 5.74) is 8.64. The molecule has 116 valence electrons. The van der Waals surface area contributed by atoms with Gasteiger partial charge >= 0.3 is 0 Å². The van der Waals surface area contributed by atoms with Crippen molar-refractivity contribution in [2.24, 2.45) is 11.7 Å². The highest BCUT2D eigenvalue weighted by Gasteiger charge is 2.18. The molecule has 4 nitrogen and oxygen atoms in total. The van der Waals surface area contributed by atoms with E-state index in [1.54, 1.807) is 0 Å². The molecule has 0 fully saturated rings. The maximum atomic E-state index is 12.3. The Balaban J connectivity index is 0.00000361. The Morgan fingerprint density at radius 3 is 2.40 bits per heavy atom. The first-order chi connectivity index (χ1) is 8.90. The number of hydrogen-bond donors (Lipinski definition) is 2. The smallest absolute Gasteiger partial charge is 0.253 e. The van der Waals surface area contributed by atoms with Gasteiger partial charge in [-0.05, 0) is 39.2 Å². The second-order valence-corrected chi connectivity index (χ2v) is 5.56.